The molecular weight excluding hydrogens is 208 g/mol. The van der Waals surface area contributed by atoms with Crippen molar-refractivity contribution in [2.45, 2.75) is 32.6 Å². The summed E-state index contributed by atoms with van der Waals surface area (Å²) in [5, 5.41) is 3.56. The highest BCUT2D eigenvalue weighted by atomic mass is 15.1. The van der Waals surface area contributed by atoms with Crippen LogP contribution in [-0.2, 0) is 6.42 Å². The molecule has 2 heteroatoms. The van der Waals surface area contributed by atoms with Crippen LogP contribution in [0.1, 0.15) is 31.7 Å². The molecule has 0 aromatic heterocycles. The van der Waals surface area contributed by atoms with Crippen LogP contribution in [0.3, 0.4) is 0 Å². The van der Waals surface area contributed by atoms with E-state index in [1.807, 2.05) is 0 Å². The summed E-state index contributed by atoms with van der Waals surface area (Å²) in [5.74, 6) is 0. The van der Waals surface area contributed by atoms with E-state index in [0.717, 1.165) is 13.0 Å². The third-order valence-electron chi connectivity index (χ3n) is 3.56. The van der Waals surface area contributed by atoms with E-state index in [1.165, 1.54) is 50.1 Å². The van der Waals surface area contributed by atoms with E-state index in [-0.39, 0.29) is 0 Å². The highest BCUT2D eigenvalue weighted by Crippen LogP contribution is 2.15. The van der Waals surface area contributed by atoms with E-state index in [2.05, 4.69) is 41.4 Å². The van der Waals surface area contributed by atoms with Crippen LogP contribution in [0.2, 0.25) is 0 Å². The molecule has 0 bridgehead atoms. The van der Waals surface area contributed by atoms with Crippen LogP contribution in [-0.4, -0.2) is 31.1 Å². The minimum Gasteiger partial charge on any atom is -0.385 e. The fraction of sp³-hybridized carbons (Fsp3) is 0.600. The third kappa shape index (κ3) is 3.74. The van der Waals surface area contributed by atoms with E-state index in [9.17, 15) is 0 Å². The van der Waals surface area contributed by atoms with Crippen molar-refractivity contribution in [2.75, 3.05) is 31.5 Å². The van der Waals surface area contributed by atoms with Gasteiger partial charge in [-0.3, -0.25) is 0 Å². The van der Waals surface area contributed by atoms with Gasteiger partial charge >= 0.3 is 0 Å². The molecule has 1 heterocycles. The second-order valence-corrected chi connectivity index (χ2v) is 4.84. The van der Waals surface area contributed by atoms with Gasteiger partial charge in [-0.1, -0.05) is 25.1 Å². The van der Waals surface area contributed by atoms with Crippen molar-refractivity contribution in [1.29, 1.82) is 0 Å². The van der Waals surface area contributed by atoms with E-state index >= 15 is 0 Å². The Balaban J connectivity index is 1.70. The number of hydrogen-bond donors (Lipinski definition) is 1. The molecule has 0 unspecified atom stereocenters. The molecule has 1 N–H and O–H groups in total. The van der Waals surface area contributed by atoms with Crippen molar-refractivity contribution in [1.82, 2.24) is 4.90 Å². The van der Waals surface area contributed by atoms with E-state index in [0.29, 0.717) is 0 Å². The summed E-state index contributed by atoms with van der Waals surface area (Å²) in [6.07, 6.45) is 5.14. The maximum Gasteiger partial charge on any atom is 0.0372 e. The Kier molecular flexibility index (Phi) is 4.87. The molecule has 94 valence electrons. The highest BCUT2D eigenvalue weighted by molar-refractivity contribution is 5.50. The number of nitrogens with one attached hydrogen (secondary N) is 1. The van der Waals surface area contributed by atoms with E-state index < -0.39 is 0 Å². The van der Waals surface area contributed by atoms with Gasteiger partial charge in [-0.2, -0.15) is 0 Å². The Morgan fingerprint density at radius 1 is 1.18 bits per heavy atom. The lowest BCUT2D eigenvalue weighted by Gasteiger charge is -2.15. The van der Waals surface area contributed by atoms with Crippen molar-refractivity contribution in [3.63, 3.8) is 0 Å². The molecule has 0 atom stereocenters. The minimum absolute atomic E-state index is 1.09. The van der Waals surface area contributed by atoms with Gasteiger partial charge < -0.3 is 10.2 Å². The fourth-order valence-electron chi connectivity index (χ4n) is 2.53. The van der Waals surface area contributed by atoms with Gasteiger partial charge in [0.1, 0.15) is 0 Å². The molecule has 2 rings (SSSR count). The molecule has 1 fully saturated rings. The molecular formula is C15H24N2. The van der Waals surface area contributed by atoms with Gasteiger partial charge in [0.15, 0.2) is 0 Å². The molecule has 17 heavy (non-hydrogen) atoms. The van der Waals surface area contributed by atoms with Crippen LogP contribution in [0, 0.1) is 0 Å². The minimum atomic E-state index is 1.09. The quantitative estimate of drug-likeness (QED) is 0.758. The standard InChI is InChI=1S/C15H24N2/c1-2-14-8-3-4-9-15(14)16-10-7-13-17-11-5-6-12-17/h3-4,8-9,16H,2,5-7,10-13H2,1H3. The molecule has 1 saturated heterocycles. The maximum atomic E-state index is 3.56. The number of aryl methyl sites for hydroxylation is 1. The second kappa shape index (κ2) is 6.65. The van der Waals surface area contributed by atoms with Gasteiger partial charge in [-0.15, -0.1) is 0 Å². The Morgan fingerprint density at radius 2 is 1.94 bits per heavy atom. The fourth-order valence-corrected chi connectivity index (χ4v) is 2.53. The van der Waals surface area contributed by atoms with Gasteiger partial charge in [-0.25, -0.2) is 0 Å². The number of nitrogens with zero attached hydrogens (tertiary/aromatic N) is 1. The molecule has 1 aliphatic rings. The second-order valence-electron chi connectivity index (χ2n) is 4.84. The Morgan fingerprint density at radius 3 is 2.71 bits per heavy atom. The first-order chi connectivity index (χ1) is 8.40. The lowest BCUT2D eigenvalue weighted by Crippen LogP contribution is -2.22. The first-order valence-electron chi connectivity index (χ1n) is 6.94. The maximum absolute atomic E-state index is 3.56. The van der Waals surface area contributed by atoms with Crippen LogP contribution in [0.5, 0.6) is 0 Å². The molecule has 2 nitrogen and oxygen atoms in total. The molecule has 0 radical (unpaired) electrons. The molecule has 1 aromatic carbocycles. The monoisotopic (exact) mass is 232 g/mol. The van der Waals surface area contributed by atoms with Crippen molar-refractivity contribution in [3.8, 4) is 0 Å². The average molecular weight is 232 g/mol. The predicted octanol–water partition coefficient (Wildman–Crippen LogP) is 3.15. The van der Waals surface area contributed by atoms with Crippen LogP contribution < -0.4 is 5.32 Å². The highest BCUT2D eigenvalue weighted by Gasteiger charge is 2.10. The summed E-state index contributed by atoms with van der Waals surface area (Å²) in [4.78, 5) is 2.58. The first kappa shape index (κ1) is 12.4. The van der Waals surface area contributed by atoms with Crippen molar-refractivity contribution in [3.05, 3.63) is 29.8 Å². The molecule has 1 aromatic rings. The molecule has 0 spiro atoms. The van der Waals surface area contributed by atoms with Gasteiger partial charge in [0.2, 0.25) is 0 Å². The van der Waals surface area contributed by atoms with Crippen molar-refractivity contribution < 1.29 is 0 Å². The zero-order valence-electron chi connectivity index (χ0n) is 10.9. The van der Waals surface area contributed by atoms with Gasteiger partial charge in [0.25, 0.3) is 0 Å². The van der Waals surface area contributed by atoms with Gasteiger partial charge in [-0.05, 0) is 56.9 Å². The normalized spacial score (nSPS) is 16.3. The SMILES string of the molecule is CCc1ccccc1NCCCN1CCCC1. The number of benzene rings is 1. The summed E-state index contributed by atoms with van der Waals surface area (Å²) in [7, 11) is 0. The molecule has 0 amide bonds. The topological polar surface area (TPSA) is 15.3 Å². The van der Waals surface area contributed by atoms with E-state index in [1.54, 1.807) is 0 Å². The zero-order valence-corrected chi connectivity index (χ0v) is 10.9. The largest absolute Gasteiger partial charge is 0.385 e. The summed E-state index contributed by atoms with van der Waals surface area (Å²) >= 11 is 0. The van der Waals surface area contributed by atoms with Gasteiger partial charge in [0.05, 0.1) is 0 Å². The number of anilines is 1. The zero-order chi connectivity index (χ0) is 11.9. The Bertz CT molecular complexity index is 329. The summed E-state index contributed by atoms with van der Waals surface area (Å²) in [5.41, 5.74) is 2.74. The number of para-hydroxylation sites is 1. The van der Waals surface area contributed by atoms with E-state index in [4.69, 9.17) is 0 Å². The van der Waals surface area contributed by atoms with Crippen LogP contribution in [0.15, 0.2) is 24.3 Å². The van der Waals surface area contributed by atoms with Crippen LogP contribution in [0.4, 0.5) is 5.69 Å². The Labute approximate surface area is 105 Å². The number of likely N-dealkylation sites (tertiary alicyclic amines) is 1. The lowest BCUT2D eigenvalue weighted by molar-refractivity contribution is 0.337. The number of rotatable bonds is 6. The van der Waals surface area contributed by atoms with Crippen molar-refractivity contribution in [2.24, 2.45) is 0 Å². The van der Waals surface area contributed by atoms with Gasteiger partial charge in [0, 0.05) is 12.2 Å². The van der Waals surface area contributed by atoms with Crippen LogP contribution >= 0.6 is 0 Å². The average Bonchev–Trinajstić information content (AvgIpc) is 2.88. The number of hydrogen-bond acceptors (Lipinski definition) is 2. The summed E-state index contributed by atoms with van der Waals surface area (Å²) in [6, 6.07) is 8.63. The lowest BCUT2D eigenvalue weighted by atomic mass is 10.1. The Hall–Kier alpha value is -1.02. The van der Waals surface area contributed by atoms with Crippen LogP contribution in [0.25, 0.3) is 0 Å². The smallest absolute Gasteiger partial charge is 0.0372 e. The first-order valence-corrected chi connectivity index (χ1v) is 6.94. The predicted molar refractivity (Wildman–Crippen MR) is 74.6 cm³/mol. The third-order valence-corrected chi connectivity index (χ3v) is 3.56. The van der Waals surface area contributed by atoms with Crippen molar-refractivity contribution >= 4 is 5.69 Å². The molecule has 0 saturated carbocycles. The summed E-state index contributed by atoms with van der Waals surface area (Å²) in [6.45, 7) is 7.18. The molecule has 1 aliphatic heterocycles. The summed E-state index contributed by atoms with van der Waals surface area (Å²) < 4.78 is 0. The molecule has 0 aliphatic carbocycles.